The van der Waals surface area contributed by atoms with Crippen LogP contribution in [-0.2, 0) is 19.1 Å². The first-order valence-electron chi connectivity index (χ1n) is 11.1. The van der Waals surface area contributed by atoms with E-state index in [9.17, 15) is 23.9 Å². The highest BCUT2D eigenvalue weighted by molar-refractivity contribution is 6.29. The summed E-state index contributed by atoms with van der Waals surface area (Å²) in [5, 5.41) is 11.4. The normalized spacial score (nSPS) is 47.6. The van der Waals surface area contributed by atoms with Crippen molar-refractivity contribution in [2.24, 2.45) is 34.5 Å². The SMILES string of the molecule is CC(=O)O[C@]1(C(=O)CCl)[C@@H](C)C[C@H]2[C@@H]3C[C@H](F)C4=C(F)C(=O)C=C[C@]4(C)[C@H]3[C@@H](O)C[C@@]21C. The van der Waals surface area contributed by atoms with Crippen LogP contribution in [0.1, 0.15) is 47.0 Å². The third-order valence-electron chi connectivity index (χ3n) is 8.93. The quantitative estimate of drug-likeness (QED) is 0.500. The monoisotopic (exact) mass is 470 g/mol. The third kappa shape index (κ3) is 2.79. The summed E-state index contributed by atoms with van der Waals surface area (Å²) in [5.74, 6) is -4.91. The Morgan fingerprint density at radius 2 is 1.97 bits per heavy atom. The molecule has 5 nitrogen and oxygen atoms in total. The molecule has 0 unspecified atom stereocenters. The molecule has 0 aromatic rings. The van der Waals surface area contributed by atoms with Crippen molar-refractivity contribution in [3.63, 3.8) is 0 Å². The maximum absolute atomic E-state index is 15.5. The van der Waals surface area contributed by atoms with Crippen LogP contribution < -0.4 is 0 Å². The van der Waals surface area contributed by atoms with Crippen molar-refractivity contribution in [2.75, 3.05) is 5.88 Å². The first-order chi connectivity index (χ1) is 14.8. The summed E-state index contributed by atoms with van der Waals surface area (Å²) in [6.07, 6.45) is 0.445. The van der Waals surface area contributed by atoms with Crippen LogP contribution in [0.4, 0.5) is 8.78 Å². The van der Waals surface area contributed by atoms with Crippen LogP contribution in [0.15, 0.2) is 23.6 Å². The predicted octanol–water partition coefficient (Wildman–Crippen LogP) is 3.87. The Hall–Kier alpha value is -1.60. The summed E-state index contributed by atoms with van der Waals surface area (Å²) in [4.78, 5) is 37.2. The smallest absolute Gasteiger partial charge is 0.303 e. The lowest BCUT2D eigenvalue weighted by Crippen LogP contribution is -2.64. The maximum atomic E-state index is 15.5. The van der Waals surface area contributed by atoms with E-state index >= 15 is 4.39 Å². The van der Waals surface area contributed by atoms with Gasteiger partial charge in [-0.25, -0.2) is 8.78 Å². The van der Waals surface area contributed by atoms with Crippen LogP contribution in [0.25, 0.3) is 0 Å². The molecule has 0 aliphatic heterocycles. The molecular weight excluding hydrogens is 442 g/mol. The standard InChI is InChI=1S/C24H29ClF2O5/c1-11-7-14-13-8-15(26)20-21(27)16(29)5-6-22(20,3)19(13)17(30)9-23(14,4)24(11,18(31)10-25)32-12(2)28/h5-6,11,13-15,17,19,30H,7-10H2,1-4H3/t11-,13-,14-,15-,17-,19+,22+,23-,24-/m0/s1. The van der Waals surface area contributed by atoms with E-state index in [2.05, 4.69) is 0 Å². The zero-order valence-corrected chi connectivity index (χ0v) is 19.4. The molecule has 4 aliphatic carbocycles. The Morgan fingerprint density at radius 1 is 1.31 bits per heavy atom. The van der Waals surface area contributed by atoms with Gasteiger partial charge in [-0.2, -0.15) is 0 Å². The molecule has 4 rings (SSSR count). The molecular formula is C24H29ClF2O5. The minimum absolute atomic E-state index is 0.0701. The van der Waals surface area contributed by atoms with Gasteiger partial charge < -0.3 is 9.84 Å². The van der Waals surface area contributed by atoms with Gasteiger partial charge in [0.25, 0.3) is 0 Å². The number of ketones is 2. The van der Waals surface area contributed by atoms with Crippen LogP contribution in [0.3, 0.4) is 0 Å². The maximum Gasteiger partial charge on any atom is 0.303 e. The molecule has 0 aromatic carbocycles. The van der Waals surface area contributed by atoms with E-state index in [0.717, 1.165) is 6.08 Å². The lowest BCUT2D eigenvalue weighted by molar-refractivity contribution is -0.202. The zero-order valence-electron chi connectivity index (χ0n) is 18.7. The molecule has 0 aromatic heterocycles. The molecule has 176 valence electrons. The number of Topliss-reactive ketones (excluding diaryl/α,β-unsaturated/α-hetero) is 1. The highest BCUT2D eigenvalue weighted by Crippen LogP contribution is 2.69. The molecule has 9 atom stereocenters. The number of esters is 1. The summed E-state index contributed by atoms with van der Waals surface area (Å²) >= 11 is 5.95. The minimum Gasteiger partial charge on any atom is -0.450 e. The first kappa shape index (κ1) is 23.6. The fraction of sp³-hybridized carbons (Fsp3) is 0.708. The molecule has 1 N–H and O–H groups in total. The Balaban J connectivity index is 1.86. The summed E-state index contributed by atoms with van der Waals surface area (Å²) in [5.41, 5.74) is -3.84. The average molecular weight is 471 g/mol. The Labute approximate surface area is 191 Å². The topological polar surface area (TPSA) is 80.7 Å². The van der Waals surface area contributed by atoms with Crippen LogP contribution in [0.2, 0.25) is 0 Å². The van der Waals surface area contributed by atoms with Crippen molar-refractivity contribution in [3.8, 4) is 0 Å². The number of halogens is 3. The van der Waals surface area contributed by atoms with Crippen LogP contribution >= 0.6 is 11.6 Å². The third-order valence-corrected chi connectivity index (χ3v) is 9.18. The number of fused-ring (bicyclic) bond motifs is 5. The van der Waals surface area contributed by atoms with E-state index in [4.69, 9.17) is 16.3 Å². The summed E-state index contributed by atoms with van der Waals surface area (Å²) in [7, 11) is 0. The number of hydrogen-bond acceptors (Lipinski definition) is 5. The van der Waals surface area contributed by atoms with E-state index in [0.29, 0.717) is 6.42 Å². The van der Waals surface area contributed by atoms with Gasteiger partial charge in [-0.15, -0.1) is 11.6 Å². The molecule has 0 heterocycles. The van der Waals surface area contributed by atoms with Gasteiger partial charge in [-0.05, 0) is 37.2 Å². The van der Waals surface area contributed by atoms with Crippen molar-refractivity contribution in [1.29, 1.82) is 0 Å². The van der Waals surface area contributed by atoms with Gasteiger partial charge in [0.05, 0.1) is 12.0 Å². The fourth-order valence-electron chi connectivity index (χ4n) is 7.94. The number of carbonyl (C=O) groups is 3. The average Bonchev–Trinajstić information content (AvgIpc) is 2.91. The number of rotatable bonds is 3. The van der Waals surface area contributed by atoms with Gasteiger partial charge in [-0.3, -0.25) is 14.4 Å². The van der Waals surface area contributed by atoms with Crippen molar-refractivity contribution in [2.45, 2.75) is 64.8 Å². The van der Waals surface area contributed by atoms with Gasteiger partial charge in [0, 0.05) is 35.2 Å². The number of carbonyl (C=O) groups excluding carboxylic acids is 3. The molecule has 8 heteroatoms. The second-order valence-electron chi connectivity index (χ2n) is 10.4. The summed E-state index contributed by atoms with van der Waals surface area (Å²) in [6.45, 7) is 6.54. The number of allylic oxidation sites excluding steroid dienone is 4. The molecule has 0 spiro atoms. The van der Waals surface area contributed by atoms with Gasteiger partial charge in [0.15, 0.2) is 17.2 Å². The summed E-state index contributed by atoms with van der Waals surface area (Å²) in [6, 6.07) is 0. The molecule has 0 bridgehead atoms. The van der Waals surface area contributed by atoms with Crippen LogP contribution in [0.5, 0.6) is 0 Å². The molecule has 0 amide bonds. The largest absolute Gasteiger partial charge is 0.450 e. The van der Waals surface area contributed by atoms with Gasteiger partial charge in [0.1, 0.15) is 6.17 Å². The first-order valence-corrected chi connectivity index (χ1v) is 11.6. The van der Waals surface area contributed by atoms with Crippen LogP contribution in [0, 0.1) is 34.5 Å². The number of alkyl halides is 2. The molecule has 3 fully saturated rings. The van der Waals surface area contributed by atoms with E-state index in [1.165, 1.54) is 13.0 Å². The van der Waals surface area contributed by atoms with Crippen molar-refractivity contribution >= 4 is 29.1 Å². The van der Waals surface area contributed by atoms with E-state index in [-0.39, 0.29) is 36.1 Å². The second kappa shape index (κ2) is 7.45. The van der Waals surface area contributed by atoms with E-state index in [1.54, 1.807) is 6.92 Å². The molecule has 32 heavy (non-hydrogen) atoms. The van der Waals surface area contributed by atoms with Crippen molar-refractivity contribution in [1.82, 2.24) is 0 Å². The zero-order chi connectivity index (χ0) is 23.8. The fourth-order valence-corrected chi connectivity index (χ4v) is 8.14. The van der Waals surface area contributed by atoms with Gasteiger partial charge in [0.2, 0.25) is 5.78 Å². The highest BCUT2D eigenvalue weighted by atomic mass is 35.5. The molecule has 3 saturated carbocycles. The minimum atomic E-state index is -1.69. The Kier molecular flexibility index (Phi) is 5.49. The lowest BCUT2D eigenvalue weighted by atomic mass is 9.45. The highest BCUT2D eigenvalue weighted by Gasteiger charge is 2.73. The van der Waals surface area contributed by atoms with E-state index in [1.807, 2.05) is 13.8 Å². The van der Waals surface area contributed by atoms with Crippen molar-refractivity contribution < 1.29 is 33.0 Å². The predicted molar refractivity (Wildman–Crippen MR) is 113 cm³/mol. The number of aliphatic hydroxyl groups excluding tert-OH is 1. The Morgan fingerprint density at radius 3 is 2.56 bits per heavy atom. The second-order valence-corrected chi connectivity index (χ2v) is 10.7. The van der Waals surface area contributed by atoms with Crippen LogP contribution in [-0.4, -0.2) is 46.4 Å². The Bertz CT molecular complexity index is 947. The van der Waals surface area contributed by atoms with E-state index < -0.39 is 63.9 Å². The molecule has 0 radical (unpaired) electrons. The van der Waals surface area contributed by atoms with Gasteiger partial charge >= 0.3 is 5.97 Å². The lowest BCUT2D eigenvalue weighted by Gasteiger charge is -2.60. The molecule has 4 aliphatic rings. The van der Waals surface area contributed by atoms with Gasteiger partial charge in [-0.1, -0.05) is 26.8 Å². The number of hydrogen-bond donors (Lipinski definition) is 1. The summed E-state index contributed by atoms with van der Waals surface area (Å²) < 4.78 is 36.0. The number of aliphatic hydroxyl groups is 1. The number of ether oxygens (including phenoxy) is 1. The molecule has 0 saturated heterocycles. The van der Waals surface area contributed by atoms with Crippen molar-refractivity contribution in [3.05, 3.63) is 23.6 Å².